The third kappa shape index (κ3) is 4.92. The van der Waals surface area contributed by atoms with Gasteiger partial charge in [0.05, 0.1) is 12.7 Å². The van der Waals surface area contributed by atoms with Crippen molar-refractivity contribution < 1.29 is 9.53 Å². The van der Waals surface area contributed by atoms with Crippen LogP contribution in [0.25, 0.3) is 0 Å². The minimum absolute atomic E-state index is 0.165. The Hall–Kier alpha value is -1.18. The van der Waals surface area contributed by atoms with Crippen LogP contribution in [0.15, 0.2) is 42.5 Å². The number of nitrogens with one attached hydrogen (secondary N) is 1. The summed E-state index contributed by atoms with van der Waals surface area (Å²) in [4.78, 5) is 13.4. The highest BCUT2D eigenvalue weighted by atomic mass is 31.0. The molecule has 0 spiro atoms. The van der Waals surface area contributed by atoms with Crippen molar-refractivity contribution in [3.63, 3.8) is 0 Å². The molecule has 0 aliphatic heterocycles. The monoisotopic (exact) mass is 605 g/mol. The average molecular weight is 606 g/mol. The minimum Gasteiger partial charge on any atom is -0.373 e. The van der Waals surface area contributed by atoms with Gasteiger partial charge in [-0.2, -0.15) is 0 Å². The van der Waals surface area contributed by atoms with E-state index >= 15 is 0 Å². The first-order valence-corrected chi connectivity index (χ1v) is 18.5. The number of carbonyl (C=O) groups is 1. The van der Waals surface area contributed by atoms with E-state index in [0.29, 0.717) is 57.8 Å². The van der Waals surface area contributed by atoms with Crippen molar-refractivity contribution in [2.24, 2.45) is 63.1 Å². The third-order valence-corrected chi connectivity index (χ3v) is 15.3. The highest BCUT2D eigenvalue weighted by Crippen LogP contribution is 2.76. The lowest BCUT2D eigenvalue weighted by molar-refractivity contribution is -0.246. The average Bonchev–Trinajstić information content (AvgIpc) is 3.36. The van der Waals surface area contributed by atoms with Gasteiger partial charge in [0.25, 0.3) is 0 Å². The molecule has 5 aliphatic rings. The minimum atomic E-state index is 0.165. The standard InChI is InChI=1S/C39H60NO2P/c1-25(2)28-23-29(35(41)40-21-22-43)27-15-19-38(6)30(34(27)28)13-14-32-37(5)18-17-33(42-24-26-11-9-8-10-12-26)36(3,4)31(37)16-20-39(32,38)7/h8-12,27-34H,1,13-24,43H2,2-7H3,(H,40,41)/t27?,28-,29+,30+,31-,32+,33-,34+,37-,38+,39+/m0/s1. The molecule has 238 valence electrons. The van der Waals surface area contributed by atoms with Crippen LogP contribution >= 0.6 is 9.24 Å². The SMILES string of the molecule is C=C(C)[C@@H]1C[C@@H](C(=O)NCCP)C2CC[C@]3(C)[C@H](CC[C@@H]4[C@@]5(C)CC[C@H](OCc6ccccc6)C(C)(C)[C@@H]5CC[C@]43C)[C@H]21. The van der Waals surface area contributed by atoms with Crippen LogP contribution in [0, 0.1) is 63.1 Å². The number of allylic oxidation sites excluding steroid dienone is 1. The summed E-state index contributed by atoms with van der Waals surface area (Å²) in [7, 11) is 2.75. The Balaban J connectivity index is 1.25. The summed E-state index contributed by atoms with van der Waals surface area (Å²) in [6, 6.07) is 10.7. The molecule has 4 heteroatoms. The predicted molar refractivity (Wildman–Crippen MR) is 182 cm³/mol. The van der Waals surface area contributed by atoms with Crippen LogP contribution in [0.3, 0.4) is 0 Å². The zero-order valence-corrected chi connectivity index (χ0v) is 29.2. The van der Waals surface area contributed by atoms with Crippen LogP contribution in [0.1, 0.15) is 105 Å². The molecule has 5 fully saturated rings. The van der Waals surface area contributed by atoms with Gasteiger partial charge in [0.15, 0.2) is 0 Å². The highest BCUT2D eigenvalue weighted by Gasteiger charge is 2.70. The topological polar surface area (TPSA) is 38.3 Å². The van der Waals surface area contributed by atoms with Gasteiger partial charge in [0, 0.05) is 12.5 Å². The first-order chi connectivity index (χ1) is 20.4. The van der Waals surface area contributed by atoms with Gasteiger partial charge in [-0.25, -0.2) is 0 Å². The summed E-state index contributed by atoms with van der Waals surface area (Å²) >= 11 is 0. The fourth-order valence-corrected chi connectivity index (χ4v) is 13.0. The van der Waals surface area contributed by atoms with E-state index in [9.17, 15) is 4.79 Å². The van der Waals surface area contributed by atoms with Crippen molar-refractivity contribution >= 4 is 15.1 Å². The quantitative estimate of drug-likeness (QED) is 0.249. The van der Waals surface area contributed by atoms with Gasteiger partial charge >= 0.3 is 0 Å². The van der Waals surface area contributed by atoms with Crippen molar-refractivity contribution in [3.05, 3.63) is 48.0 Å². The van der Waals surface area contributed by atoms with E-state index in [4.69, 9.17) is 4.74 Å². The molecule has 5 saturated carbocycles. The third-order valence-electron chi connectivity index (χ3n) is 15.0. The Morgan fingerprint density at radius 3 is 2.35 bits per heavy atom. The second kappa shape index (κ2) is 11.6. The number of hydrogen-bond acceptors (Lipinski definition) is 2. The van der Waals surface area contributed by atoms with Gasteiger partial charge in [-0.05, 0) is 134 Å². The molecule has 1 aromatic carbocycles. The lowest BCUT2D eigenvalue weighted by Gasteiger charge is -2.72. The van der Waals surface area contributed by atoms with Gasteiger partial charge in [0.2, 0.25) is 5.91 Å². The molecule has 5 aliphatic carbocycles. The van der Waals surface area contributed by atoms with Gasteiger partial charge in [-0.1, -0.05) is 77.1 Å². The number of fused-ring (bicyclic) bond motifs is 7. The van der Waals surface area contributed by atoms with Crippen LogP contribution in [0.5, 0.6) is 0 Å². The second-order valence-electron chi connectivity index (χ2n) is 17.0. The molecule has 3 nitrogen and oxygen atoms in total. The summed E-state index contributed by atoms with van der Waals surface area (Å²) in [5.41, 5.74) is 3.81. The fraction of sp³-hybridized carbons (Fsp3) is 0.769. The molecular formula is C39H60NO2P. The number of amides is 1. The number of ether oxygens (including phenoxy) is 1. The van der Waals surface area contributed by atoms with E-state index in [-0.39, 0.29) is 11.3 Å². The molecule has 0 aromatic heterocycles. The number of benzene rings is 1. The van der Waals surface area contributed by atoms with Crippen LogP contribution in [-0.4, -0.2) is 24.7 Å². The molecule has 43 heavy (non-hydrogen) atoms. The van der Waals surface area contributed by atoms with Crippen molar-refractivity contribution in [3.8, 4) is 0 Å². The van der Waals surface area contributed by atoms with Crippen LogP contribution in [-0.2, 0) is 16.1 Å². The lowest BCUT2D eigenvalue weighted by Crippen LogP contribution is -2.66. The first-order valence-electron chi connectivity index (χ1n) is 17.7. The first kappa shape index (κ1) is 31.8. The Morgan fingerprint density at radius 1 is 0.930 bits per heavy atom. The Morgan fingerprint density at radius 2 is 1.65 bits per heavy atom. The smallest absolute Gasteiger partial charge is 0.223 e. The van der Waals surface area contributed by atoms with E-state index < -0.39 is 0 Å². The Bertz CT molecular complexity index is 1200. The van der Waals surface area contributed by atoms with Crippen molar-refractivity contribution in [1.82, 2.24) is 5.32 Å². The van der Waals surface area contributed by atoms with E-state index in [0.717, 1.165) is 31.7 Å². The Labute approximate surface area is 265 Å². The van der Waals surface area contributed by atoms with Crippen molar-refractivity contribution in [2.75, 3.05) is 12.7 Å². The molecule has 0 saturated heterocycles. The molecule has 0 bridgehead atoms. The summed E-state index contributed by atoms with van der Waals surface area (Å²) in [5.74, 6) is 4.26. The zero-order valence-electron chi connectivity index (χ0n) is 28.1. The van der Waals surface area contributed by atoms with Gasteiger partial charge in [-0.15, -0.1) is 9.24 Å². The number of hydrogen-bond donors (Lipinski definition) is 1. The molecule has 1 N–H and O–H groups in total. The summed E-state index contributed by atoms with van der Waals surface area (Å²) in [6.45, 7) is 21.5. The number of carbonyl (C=O) groups excluding carboxylic acids is 1. The van der Waals surface area contributed by atoms with Gasteiger partial charge < -0.3 is 10.1 Å². The van der Waals surface area contributed by atoms with E-state index in [1.54, 1.807) is 0 Å². The largest absolute Gasteiger partial charge is 0.373 e. The maximum atomic E-state index is 13.4. The Kier molecular flexibility index (Phi) is 8.55. The molecule has 1 aromatic rings. The maximum Gasteiger partial charge on any atom is 0.223 e. The zero-order chi connectivity index (χ0) is 30.8. The van der Waals surface area contributed by atoms with Crippen LogP contribution in [0.2, 0.25) is 0 Å². The van der Waals surface area contributed by atoms with Crippen molar-refractivity contribution in [2.45, 2.75) is 112 Å². The van der Waals surface area contributed by atoms with Crippen molar-refractivity contribution in [1.29, 1.82) is 0 Å². The summed E-state index contributed by atoms with van der Waals surface area (Å²) in [5, 5.41) is 3.27. The molecule has 12 atom stereocenters. The maximum absolute atomic E-state index is 13.4. The van der Waals surface area contributed by atoms with E-state index in [2.05, 4.69) is 93.0 Å². The second-order valence-corrected chi connectivity index (χ2v) is 17.5. The molecular weight excluding hydrogens is 545 g/mol. The summed E-state index contributed by atoms with van der Waals surface area (Å²) < 4.78 is 6.74. The molecule has 6 rings (SSSR count). The lowest BCUT2D eigenvalue weighted by atomic mass is 9.33. The predicted octanol–water partition coefficient (Wildman–Crippen LogP) is 9.08. The molecule has 0 radical (unpaired) electrons. The highest BCUT2D eigenvalue weighted by molar-refractivity contribution is 7.16. The molecule has 2 unspecified atom stereocenters. The van der Waals surface area contributed by atoms with E-state index in [1.807, 2.05) is 0 Å². The van der Waals surface area contributed by atoms with E-state index in [1.165, 1.54) is 62.5 Å². The van der Waals surface area contributed by atoms with Crippen LogP contribution in [0.4, 0.5) is 0 Å². The van der Waals surface area contributed by atoms with Gasteiger partial charge in [0.1, 0.15) is 0 Å². The number of rotatable bonds is 7. The van der Waals surface area contributed by atoms with Gasteiger partial charge in [-0.3, -0.25) is 4.79 Å². The fourth-order valence-electron chi connectivity index (χ4n) is 12.9. The summed E-state index contributed by atoms with van der Waals surface area (Å²) in [6.07, 6.45) is 12.6. The normalized spacial score (nSPS) is 44.8. The van der Waals surface area contributed by atoms with Crippen LogP contribution < -0.4 is 5.32 Å². The molecule has 0 heterocycles. The molecule has 1 amide bonds.